The van der Waals surface area contributed by atoms with Crippen molar-refractivity contribution in [1.29, 1.82) is 0 Å². The first-order chi connectivity index (χ1) is 5.66. The van der Waals surface area contributed by atoms with Crippen molar-refractivity contribution in [3.63, 3.8) is 0 Å². The highest BCUT2D eigenvalue weighted by Gasteiger charge is 2.00. The molecule has 0 spiro atoms. The van der Waals surface area contributed by atoms with Crippen molar-refractivity contribution < 1.29 is 10.2 Å². The lowest BCUT2D eigenvalue weighted by atomic mass is 10.1. The van der Waals surface area contributed by atoms with E-state index >= 15 is 0 Å². The van der Waals surface area contributed by atoms with Crippen molar-refractivity contribution in [1.82, 2.24) is 5.32 Å². The van der Waals surface area contributed by atoms with Crippen LogP contribution < -0.4 is 5.32 Å². The highest BCUT2D eigenvalue weighted by molar-refractivity contribution is 4.57. The zero-order chi connectivity index (χ0) is 9.40. The highest BCUT2D eigenvalue weighted by atomic mass is 16.3. The van der Waals surface area contributed by atoms with Crippen molar-refractivity contribution in [3.8, 4) is 0 Å². The predicted molar refractivity (Wildman–Crippen MR) is 50.0 cm³/mol. The van der Waals surface area contributed by atoms with Crippen LogP contribution in [-0.4, -0.2) is 36.0 Å². The number of hydrogen-bond donors (Lipinski definition) is 3. The Morgan fingerprint density at radius 3 is 2.42 bits per heavy atom. The first-order valence-electron chi connectivity index (χ1n) is 4.66. The van der Waals surface area contributed by atoms with Gasteiger partial charge in [-0.25, -0.2) is 0 Å². The molecule has 0 rings (SSSR count). The Hall–Kier alpha value is -0.120. The molecule has 2 atom stereocenters. The Morgan fingerprint density at radius 1 is 1.25 bits per heavy atom. The Kier molecular flexibility index (Phi) is 7.45. The second kappa shape index (κ2) is 7.53. The molecule has 74 valence electrons. The smallest absolute Gasteiger partial charge is 0.0524 e. The van der Waals surface area contributed by atoms with Gasteiger partial charge in [0.1, 0.15) is 0 Å². The normalized spacial score (nSPS) is 16.0. The molecule has 0 bridgehead atoms. The van der Waals surface area contributed by atoms with Crippen LogP contribution in [0.3, 0.4) is 0 Å². The minimum absolute atomic E-state index is 0.217. The van der Waals surface area contributed by atoms with Gasteiger partial charge in [0.25, 0.3) is 0 Å². The number of nitrogens with one attached hydrogen (secondary N) is 1. The van der Waals surface area contributed by atoms with Gasteiger partial charge in [-0.2, -0.15) is 0 Å². The van der Waals surface area contributed by atoms with Crippen LogP contribution in [0.1, 0.15) is 26.7 Å². The zero-order valence-corrected chi connectivity index (χ0v) is 8.08. The summed E-state index contributed by atoms with van der Waals surface area (Å²) in [4.78, 5) is 0. The third kappa shape index (κ3) is 7.98. The maximum absolute atomic E-state index is 8.94. The van der Waals surface area contributed by atoms with Crippen molar-refractivity contribution >= 4 is 0 Å². The molecular weight excluding hydrogens is 154 g/mol. The average molecular weight is 175 g/mol. The van der Waals surface area contributed by atoms with Gasteiger partial charge in [0.2, 0.25) is 0 Å². The van der Waals surface area contributed by atoms with Crippen molar-refractivity contribution in [3.05, 3.63) is 0 Å². The lowest BCUT2D eigenvalue weighted by Gasteiger charge is -2.11. The summed E-state index contributed by atoms with van der Waals surface area (Å²) >= 11 is 0. The minimum atomic E-state index is -0.217. The second-order valence-corrected chi connectivity index (χ2v) is 3.46. The second-order valence-electron chi connectivity index (χ2n) is 3.46. The maximum Gasteiger partial charge on any atom is 0.0524 e. The van der Waals surface area contributed by atoms with E-state index in [0.717, 1.165) is 25.9 Å². The van der Waals surface area contributed by atoms with E-state index in [9.17, 15) is 0 Å². The first kappa shape index (κ1) is 11.9. The monoisotopic (exact) mass is 175 g/mol. The Labute approximate surface area is 74.8 Å². The van der Waals surface area contributed by atoms with Crippen molar-refractivity contribution in [2.45, 2.75) is 32.8 Å². The molecule has 0 heterocycles. The first-order valence-corrected chi connectivity index (χ1v) is 4.66. The lowest BCUT2D eigenvalue weighted by molar-refractivity contribution is 0.182. The van der Waals surface area contributed by atoms with Crippen LogP contribution in [0, 0.1) is 5.92 Å². The van der Waals surface area contributed by atoms with Crippen LogP contribution in [0.5, 0.6) is 0 Å². The van der Waals surface area contributed by atoms with Crippen LogP contribution in [0.15, 0.2) is 0 Å². The molecule has 0 aromatic carbocycles. The summed E-state index contributed by atoms with van der Waals surface area (Å²) in [5.41, 5.74) is 0. The van der Waals surface area contributed by atoms with Crippen LogP contribution in [-0.2, 0) is 0 Å². The maximum atomic E-state index is 8.94. The summed E-state index contributed by atoms with van der Waals surface area (Å²) in [6.07, 6.45) is 1.43. The van der Waals surface area contributed by atoms with E-state index in [-0.39, 0.29) is 12.7 Å². The fourth-order valence-electron chi connectivity index (χ4n) is 0.982. The predicted octanol–water partition coefficient (Wildman–Crippen LogP) is 0.365. The number of aliphatic hydroxyl groups excluding tert-OH is 2. The van der Waals surface area contributed by atoms with Gasteiger partial charge >= 0.3 is 0 Å². The van der Waals surface area contributed by atoms with Gasteiger partial charge in [-0.15, -0.1) is 0 Å². The molecule has 0 aliphatic heterocycles. The SMILES string of the molecule is CC(O)CCNCC(C)CCO. The van der Waals surface area contributed by atoms with Gasteiger partial charge in [-0.05, 0) is 38.8 Å². The molecule has 12 heavy (non-hydrogen) atoms. The average Bonchev–Trinajstić information content (AvgIpc) is 1.98. The number of rotatable bonds is 7. The fourth-order valence-corrected chi connectivity index (χ4v) is 0.982. The third-order valence-corrected chi connectivity index (χ3v) is 1.85. The molecule has 0 aliphatic rings. The summed E-state index contributed by atoms with van der Waals surface area (Å²) < 4.78 is 0. The largest absolute Gasteiger partial charge is 0.396 e. The summed E-state index contributed by atoms with van der Waals surface area (Å²) in [7, 11) is 0. The minimum Gasteiger partial charge on any atom is -0.396 e. The summed E-state index contributed by atoms with van der Waals surface area (Å²) in [6.45, 7) is 5.93. The van der Waals surface area contributed by atoms with Crippen LogP contribution in [0.4, 0.5) is 0 Å². The molecule has 0 fully saturated rings. The quantitative estimate of drug-likeness (QED) is 0.490. The molecule has 3 N–H and O–H groups in total. The molecule has 0 saturated carbocycles. The topological polar surface area (TPSA) is 52.5 Å². The van der Waals surface area contributed by atoms with Crippen LogP contribution >= 0.6 is 0 Å². The highest BCUT2D eigenvalue weighted by Crippen LogP contribution is 1.97. The third-order valence-electron chi connectivity index (χ3n) is 1.85. The standard InChI is InChI=1S/C9H21NO2/c1-8(4-6-11)7-10-5-3-9(2)12/h8-12H,3-7H2,1-2H3. The molecule has 2 unspecified atom stereocenters. The molecule has 0 aromatic heterocycles. The molecule has 0 aromatic rings. The molecule has 3 heteroatoms. The Balaban J connectivity index is 3.08. The number of hydrogen-bond acceptors (Lipinski definition) is 3. The van der Waals surface area contributed by atoms with E-state index in [0.29, 0.717) is 5.92 Å². The van der Waals surface area contributed by atoms with Gasteiger partial charge in [0, 0.05) is 6.61 Å². The zero-order valence-electron chi connectivity index (χ0n) is 8.08. The van der Waals surface area contributed by atoms with Crippen molar-refractivity contribution in [2.75, 3.05) is 19.7 Å². The van der Waals surface area contributed by atoms with Gasteiger partial charge in [0.15, 0.2) is 0 Å². The molecule has 0 saturated heterocycles. The van der Waals surface area contributed by atoms with Crippen LogP contribution in [0.2, 0.25) is 0 Å². The van der Waals surface area contributed by atoms with Crippen molar-refractivity contribution in [2.24, 2.45) is 5.92 Å². The Morgan fingerprint density at radius 2 is 1.92 bits per heavy atom. The lowest BCUT2D eigenvalue weighted by Crippen LogP contribution is -2.24. The van der Waals surface area contributed by atoms with Gasteiger partial charge < -0.3 is 15.5 Å². The molecule has 3 nitrogen and oxygen atoms in total. The summed E-state index contributed by atoms with van der Waals surface area (Å²) in [6, 6.07) is 0. The van der Waals surface area contributed by atoms with E-state index in [1.54, 1.807) is 6.92 Å². The molecule has 0 radical (unpaired) electrons. The van der Waals surface area contributed by atoms with E-state index in [1.165, 1.54) is 0 Å². The Bertz CT molecular complexity index is 96.5. The van der Waals surface area contributed by atoms with Gasteiger partial charge in [-0.1, -0.05) is 6.92 Å². The van der Waals surface area contributed by atoms with Gasteiger partial charge in [0.05, 0.1) is 6.10 Å². The van der Waals surface area contributed by atoms with Gasteiger partial charge in [-0.3, -0.25) is 0 Å². The van der Waals surface area contributed by atoms with E-state index in [2.05, 4.69) is 12.2 Å². The fraction of sp³-hybridized carbons (Fsp3) is 1.00. The molecule has 0 amide bonds. The summed E-state index contributed by atoms with van der Waals surface area (Å²) in [5.74, 6) is 0.518. The van der Waals surface area contributed by atoms with E-state index < -0.39 is 0 Å². The van der Waals surface area contributed by atoms with E-state index in [4.69, 9.17) is 10.2 Å². The van der Waals surface area contributed by atoms with Crippen LogP contribution in [0.25, 0.3) is 0 Å². The molecule has 0 aliphatic carbocycles. The van der Waals surface area contributed by atoms with E-state index in [1.807, 2.05) is 0 Å². The number of aliphatic hydroxyl groups is 2. The molecular formula is C9H21NO2. The summed E-state index contributed by atoms with van der Waals surface area (Å²) in [5, 5.41) is 20.8.